The highest BCUT2D eigenvalue weighted by atomic mass is 32.1. The molecule has 0 spiro atoms. The van der Waals surface area contributed by atoms with Gasteiger partial charge in [0.25, 0.3) is 0 Å². The van der Waals surface area contributed by atoms with Gasteiger partial charge < -0.3 is 4.90 Å². The number of aromatic nitrogens is 1. The van der Waals surface area contributed by atoms with E-state index >= 15 is 0 Å². The van der Waals surface area contributed by atoms with Crippen molar-refractivity contribution in [2.24, 2.45) is 0 Å². The summed E-state index contributed by atoms with van der Waals surface area (Å²) in [6, 6.07) is 0. The van der Waals surface area contributed by atoms with Crippen LogP contribution in [0.2, 0.25) is 0 Å². The zero-order valence-corrected chi connectivity index (χ0v) is 8.02. The van der Waals surface area contributed by atoms with Crippen LogP contribution in [0, 0.1) is 0 Å². The monoisotopic (exact) mass is 224 g/mol. The fourth-order valence-corrected chi connectivity index (χ4v) is 1.49. The lowest BCUT2D eigenvalue weighted by atomic mass is 10.5. The van der Waals surface area contributed by atoms with Crippen molar-refractivity contribution in [1.82, 2.24) is 9.88 Å². The van der Waals surface area contributed by atoms with Crippen LogP contribution in [-0.2, 0) is 11.3 Å². The summed E-state index contributed by atoms with van der Waals surface area (Å²) in [5.41, 5.74) is 0. The van der Waals surface area contributed by atoms with Gasteiger partial charge in [0, 0.05) is 18.6 Å². The average Bonchev–Trinajstić information content (AvgIpc) is 2.53. The van der Waals surface area contributed by atoms with Crippen molar-refractivity contribution >= 4 is 17.2 Å². The highest BCUT2D eigenvalue weighted by Crippen LogP contribution is 2.19. The summed E-state index contributed by atoms with van der Waals surface area (Å²) in [5.74, 6) is -1.85. The first-order chi connectivity index (χ1) is 6.41. The standard InChI is InChI=1S/C7H7F3N2OS/c1-12(6(13)7(8,9)10)4-5-11-2-3-14-5/h2-3H,4H2,1H3. The molecule has 0 saturated heterocycles. The summed E-state index contributed by atoms with van der Waals surface area (Å²) >= 11 is 1.21. The Morgan fingerprint density at radius 1 is 1.64 bits per heavy atom. The lowest BCUT2D eigenvalue weighted by molar-refractivity contribution is -0.184. The molecule has 7 heteroatoms. The van der Waals surface area contributed by atoms with E-state index in [0.717, 1.165) is 7.05 Å². The molecule has 0 aromatic carbocycles. The van der Waals surface area contributed by atoms with E-state index in [1.165, 1.54) is 17.5 Å². The summed E-state index contributed by atoms with van der Waals surface area (Å²) in [7, 11) is 1.09. The van der Waals surface area contributed by atoms with Gasteiger partial charge in [0.1, 0.15) is 5.01 Å². The Labute approximate surface area is 82.2 Å². The van der Waals surface area contributed by atoms with E-state index in [0.29, 0.717) is 9.91 Å². The fraction of sp³-hybridized carbons (Fsp3) is 0.429. The van der Waals surface area contributed by atoms with Gasteiger partial charge in [0.15, 0.2) is 0 Å². The Balaban J connectivity index is 2.59. The van der Waals surface area contributed by atoms with Gasteiger partial charge in [0.05, 0.1) is 6.54 Å². The van der Waals surface area contributed by atoms with Gasteiger partial charge in [-0.05, 0) is 0 Å². The van der Waals surface area contributed by atoms with Crippen molar-refractivity contribution in [3.8, 4) is 0 Å². The van der Waals surface area contributed by atoms with Crippen molar-refractivity contribution < 1.29 is 18.0 Å². The van der Waals surface area contributed by atoms with Crippen molar-refractivity contribution in [3.63, 3.8) is 0 Å². The summed E-state index contributed by atoms with van der Waals surface area (Å²) in [4.78, 5) is 15.0. The second-order valence-electron chi connectivity index (χ2n) is 2.58. The molecule has 14 heavy (non-hydrogen) atoms. The number of amides is 1. The SMILES string of the molecule is CN(Cc1nccs1)C(=O)C(F)(F)F. The van der Waals surface area contributed by atoms with Crippen LogP contribution in [0.1, 0.15) is 5.01 Å². The normalized spacial score (nSPS) is 11.4. The predicted molar refractivity (Wildman–Crippen MR) is 44.6 cm³/mol. The lowest BCUT2D eigenvalue weighted by Gasteiger charge is -2.16. The molecular weight excluding hydrogens is 217 g/mol. The molecule has 0 aliphatic rings. The number of halogens is 3. The minimum Gasteiger partial charge on any atom is -0.331 e. The minimum absolute atomic E-state index is 0.115. The molecule has 0 atom stereocenters. The van der Waals surface area contributed by atoms with Crippen LogP contribution in [0.15, 0.2) is 11.6 Å². The number of rotatable bonds is 2. The molecule has 1 rings (SSSR count). The Morgan fingerprint density at radius 2 is 2.29 bits per heavy atom. The van der Waals surface area contributed by atoms with Crippen molar-refractivity contribution in [2.75, 3.05) is 7.05 Å². The van der Waals surface area contributed by atoms with E-state index in [2.05, 4.69) is 4.98 Å². The first-order valence-electron chi connectivity index (χ1n) is 3.62. The van der Waals surface area contributed by atoms with Crippen molar-refractivity contribution in [3.05, 3.63) is 16.6 Å². The Morgan fingerprint density at radius 3 is 2.71 bits per heavy atom. The molecule has 1 aromatic rings. The fourth-order valence-electron chi connectivity index (χ4n) is 0.822. The molecule has 0 bridgehead atoms. The van der Waals surface area contributed by atoms with Gasteiger partial charge in [-0.1, -0.05) is 0 Å². The number of carbonyl (C=O) groups is 1. The molecule has 78 valence electrons. The second-order valence-corrected chi connectivity index (χ2v) is 3.56. The van der Waals surface area contributed by atoms with Crippen LogP contribution in [0.4, 0.5) is 13.2 Å². The molecule has 0 unspecified atom stereocenters. The van der Waals surface area contributed by atoms with Crippen LogP contribution >= 0.6 is 11.3 Å². The van der Waals surface area contributed by atoms with E-state index in [-0.39, 0.29) is 6.54 Å². The van der Waals surface area contributed by atoms with Crippen LogP contribution < -0.4 is 0 Å². The Hall–Kier alpha value is -1.11. The average molecular weight is 224 g/mol. The quantitative estimate of drug-likeness (QED) is 0.765. The number of thiazole rings is 1. The molecule has 1 amide bonds. The second kappa shape index (κ2) is 3.95. The molecule has 0 saturated carbocycles. The third-order valence-corrected chi connectivity index (χ3v) is 2.21. The number of alkyl halides is 3. The summed E-state index contributed by atoms with van der Waals surface area (Å²) in [6.45, 7) is -0.115. The summed E-state index contributed by atoms with van der Waals surface area (Å²) in [6.07, 6.45) is -3.34. The molecule has 3 nitrogen and oxygen atoms in total. The van der Waals surface area contributed by atoms with E-state index in [1.54, 1.807) is 5.38 Å². The third-order valence-electron chi connectivity index (χ3n) is 1.45. The van der Waals surface area contributed by atoms with Gasteiger partial charge >= 0.3 is 12.1 Å². The number of hydrogen-bond donors (Lipinski definition) is 0. The largest absolute Gasteiger partial charge is 0.471 e. The maximum atomic E-state index is 11.9. The van der Waals surface area contributed by atoms with Gasteiger partial charge in [-0.3, -0.25) is 4.79 Å². The number of carbonyl (C=O) groups excluding carboxylic acids is 1. The lowest BCUT2D eigenvalue weighted by Crippen LogP contribution is -2.37. The molecule has 0 radical (unpaired) electrons. The van der Waals surface area contributed by atoms with Gasteiger partial charge in [-0.25, -0.2) is 4.98 Å². The highest BCUT2D eigenvalue weighted by molar-refractivity contribution is 7.09. The van der Waals surface area contributed by atoms with Gasteiger partial charge in [-0.15, -0.1) is 11.3 Å². The van der Waals surface area contributed by atoms with Crippen LogP contribution in [0.3, 0.4) is 0 Å². The smallest absolute Gasteiger partial charge is 0.331 e. The zero-order chi connectivity index (χ0) is 10.8. The molecular formula is C7H7F3N2OS. The topological polar surface area (TPSA) is 33.2 Å². The molecule has 1 heterocycles. The highest BCUT2D eigenvalue weighted by Gasteiger charge is 2.41. The van der Waals surface area contributed by atoms with Crippen molar-refractivity contribution in [1.29, 1.82) is 0 Å². The van der Waals surface area contributed by atoms with Gasteiger partial charge in [-0.2, -0.15) is 13.2 Å². The first-order valence-corrected chi connectivity index (χ1v) is 4.50. The Bertz CT molecular complexity index is 309. The molecule has 0 N–H and O–H groups in total. The summed E-state index contributed by atoms with van der Waals surface area (Å²) in [5, 5.41) is 2.12. The number of nitrogens with zero attached hydrogens (tertiary/aromatic N) is 2. The van der Waals surface area contributed by atoms with E-state index in [9.17, 15) is 18.0 Å². The van der Waals surface area contributed by atoms with Crippen LogP contribution in [0.25, 0.3) is 0 Å². The maximum absolute atomic E-state index is 11.9. The number of hydrogen-bond acceptors (Lipinski definition) is 3. The van der Waals surface area contributed by atoms with Crippen LogP contribution in [-0.4, -0.2) is 29.0 Å². The van der Waals surface area contributed by atoms with Crippen molar-refractivity contribution in [2.45, 2.75) is 12.7 Å². The molecule has 0 aliphatic heterocycles. The summed E-state index contributed by atoms with van der Waals surface area (Å²) < 4.78 is 35.8. The minimum atomic E-state index is -4.81. The van der Waals surface area contributed by atoms with Crippen LogP contribution in [0.5, 0.6) is 0 Å². The molecule has 1 aromatic heterocycles. The molecule has 0 fully saturated rings. The predicted octanol–water partition coefficient (Wildman–Crippen LogP) is 1.66. The first kappa shape index (κ1) is 11.0. The van der Waals surface area contributed by atoms with E-state index in [1.807, 2.05) is 0 Å². The Kier molecular flexibility index (Phi) is 3.10. The third kappa shape index (κ3) is 2.69. The van der Waals surface area contributed by atoms with E-state index in [4.69, 9.17) is 0 Å². The van der Waals surface area contributed by atoms with Gasteiger partial charge in [0.2, 0.25) is 0 Å². The zero-order valence-electron chi connectivity index (χ0n) is 7.21. The van der Waals surface area contributed by atoms with E-state index < -0.39 is 12.1 Å². The maximum Gasteiger partial charge on any atom is 0.471 e. The molecule has 0 aliphatic carbocycles.